The fraction of sp³-hybridized carbons (Fsp3) is 0.238. The maximum absolute atomic E-state index is 12.7. The van der Waals surface area contributed by atoms with Crippen molar-refractivity contribution in [1.29, 1.82) is 0 Å². The zero-order chi connectivity index (χ0) is 21.1. The molecule has 2 heterocycles. The molecule has 152 valence electrons. The number of hydrogen-bond acceptors (Lipinski definition) is 7. The summed E-state index contributed by atoms with van der Waals surface area (Å²) in [5, 5.41) is 11.5. The third kappa shape index (κ3) is 4.16. The number of nitrogens with zero attached hydrogens (tertiary/aromatic N) is 4. The van der Waals surface area contributed by atoms with Crippen molar-refractivity contribution < 1.29 is 9.72 Å². The Kier molecular flexibility index (Phi) is 5.71. The smallest absolute Gasteiger partial charge is 0.293 e. The molecule has 0 unspecified atom stereocenters. The summed E-state index contributed by atoms with van der Waals surface area (Å²) in [6.07, 6.45) is 5.93. The van der Waals surface area contributed by atoms with Crippen LogP contribution in [0.1, 0.15) is 33.6 Å². The molecule has 0 bridgehead atoms. The molecule has 0 N–H and O–H groups in total. The molecule has 0 fully saturated rings. The van der Waals surface area contributed by atoms with E-state index in [9.17, 15) is 19.7 Å². The van der Waals surface area contributed by atoms with Crippen molar-refractivity contribution in [1.82, 2.24) is 14.5 Å². The summed E-state index contributed by atoms with van der Waals surface area (Å²) < 4.78 is 1.70. The minimum absolute atomic E-state index is 0.0639. The number of benzene rings is 1. The predicted octanol–water partition coefficient (Wildman–Crippen LogP) is 3.06. The lowest BCUT2D eigenvalue weighted by Gasteiger charge is -2.14. The Hall–Kier alpha value is -3.33. The zero-order valence-corrected chi connectivity index (χ0v) is 16.8. The summed E-state index contributed by atoms with van der Waals surface area (Å²) in [5.41, 5.74) is 2.78. The molecule has 0 aliphatic heterocycles. The second-order valence-corrected chi connectivity index (χ2v) is 7.90. The van der Waals surface area contributed by atoms with Crippen molar-refractivity contribution >= 4 is 23.2 Å². The Morgan fingerprint density at radius 1 is 1.20 bits per heavy atom. The van der Waals surface area contributed by atoms with E-state index in [4.69, 9.17) is 0 Å². The number of carbonyl (C=O) groups excluding carboxylic acids is 1. The molecular weight excluding hydrogens is 404 g/mol. The fourth-order valence-electron chi connectivity index (χ4n) is 3.55. The van der Waals surface area contributed by atoms with Crippen LogP contribution in [0.5, 0.6) is 0 Å². The molecular formula is C21H18N4O4S. The Balaban J connectivity index is 1.56. The first-order valence-corrected chi connectivity index (χ1v) is 10.4. The zero-order valence-electron chi connectivity index (χ0n) is 16.0. The van der Waals surface area contributed by atoms with Crippen molar-refractivity contribution in [3.05, 3.63) is 91.8 Å². The Labute approximate surface area is 176 Å². The number of hydrogen-bond donors (Lipinski definition) is 0. The molecule has 0 amide bonds. The van der Waals surface area contributed by atoms with Crippen LogP contribution < -0.4 is 5.69 Å². The molecule has 9 heteroatoms. The topological polar surface area (TPSA) is 108 Å². The second-order valence-electron chi connectivity index (χ2n) is 6.94. The number of rotatable bonds is 7. The van der Waals surface area contributed by atoms with Gasteiger partial charge in [0.05, 0.1) is 17.2 Å². The van der Waals surface area contributed by atoms with Gasteiger partial charge in [-0.25, -0.2) is 4.79 Å². The molecule has 0 spiro atoms. The van der Waals surface area contributed by atoms with Crippen LogP contribution in [0, 0.1) is 10.1 Å². The highest BCUT2D eigenvalue weighted by Gasteiger charge is 2.23. The van der Waals surface area contributed by atoms with Gasteiger partial charge >= 0.3 is 5.69 Å². The predicted molar refractivity (Wildman–Crippen MR) is 112 cm³/mol. The highest BCUT2D eigenvalue weighted by Crippen LogP contribution is 2.30. The highest BCUT2D eigenvalue weighted by atomic mass is 32.2. The third-order valence-corrected chi connectivity index (χ3v) is 6.03. The number of carbonyl (C=O) groups is 1. The molecule has 8 nitrogen and oxygen atoms in total. The molecule has 4 rings (SSSR count). The van der Waals surface area contributed by atoms with Crippen molar-refractivity contribution in [2.75, 3.05) is 5.75 Å². The largest absolute Gasteiger partial charge is 0.349 e. The first-order chi connectivity index (χ1) is 14.5. The van der Waals surface area contributed by atoms with E-state index >= 15 is 0 Å². The summed E-state index contributed by atoms with van der Waals surface area (Å²) in [7, 11) is 0. The molecule has 1 aliphatic carbocycles. The summed E-state index contributed by atoms with van der Waals surface area (Å²) in [5.74, 6) is -0.174. The minimum atomic E-state index is -0.527. The number of pyridine rings is 1. The number of nitro groups is 1. The second kappa shape index (κ2) is 8.58. The molecule has 3 aromatic rings. The maximum Gasteiger partial charge on any atom is 0.349 e. The summed E-state index contributed by atoms with van der Waals surface area (Å²) >= 11 is 1.22. The normalized spacial score (nSPS) is 12.5. The summed E-state index contributed by atoms with van der Waals surface area (Å²) in [4.78, 5) is 43.9. The van der Waals surface area contributed by atoms with Gasteiger partial charge < -0.3 is 0 Å². The maximum atomic E-state index is 12.7. The molecule has 1 aromatic carbocycles. The van der Waals surface area contributed by atoms with Gasteiger partial charge in [0, 0.05) is 41.3 Å². The van der Waals surface area contributed by atoms with Crippen molar-refractivity contribution in [3.63, 3.8) is 0 Å². The van der Waals surface area contributed by atoms with Crippen LogP contribution in [-0.2, 0) is 19.4 Å². The van der Waals surface area contributed by atoms with E-state index in [2.05, 4.69) is 9.97 Å². The van der Waals surface area contributed by atoms with Crippen LogP contribution in [0.3, 0.4) is 0 Å². The SMILES string of the molecule is O=C(CSc1nc(=O)n(Cc2ccncc2)c2c1CCC2)c1cccc([N+](=O)[O-])c1. The van der Waals surface area contributed by atoms with Gasteiger partial charge in [-0.05, 0) is 37.0 Å². The summed E-state index contributed by atoms with van der Waals surface area (Å²) in [6, 6.07) is 9.41. The van der Waals surface area contributed by atoms with Crippen LogP contribution in [-0.4, -0.2) is 31.0 Å². The number of aromatic nitrogens is 3. The van der Waals surface area contributed by atoms with Gasteiger partial charge in [-0.1, -0.05) is 23.9 Å². The quantitative estimate of drug-likeness (QED) is 0.189. The van der Waals surface area contributed by atoms with Crippen molar-refractivity contribution in [2.24, 2.45) is 0 Å². The Morgan fingerprint density at radius 3 is 2.77 bits per heavy atom. The fourth-order valence-corrected chi connectivity index (χ4v) is 4.52. The van der Waals surface area contributed by atoms with Gasteiger partial charge in [-0.15, -0.1) is 0 Å². The average molecular weight is 422 g/mol. The van der Waals surface area contributed by atoms with Gasteiger partial charge in [0.1, 0.15) is 5.03 Å². The molecule has 0 saturated carbocycles. The van der Waals surface area contributed by atoms with Crippen molar-refractivity contribution in [3.8, 4) is 0 Å². The number of ketones is 1. The Morgan fingerprint density at radius 2 is 2.00 bits per heavy atom. The molecule has 30 heavy (non-hydrogen) atoms. The average Bonchev–Trinajstić information content (AvgIpc) is 3.25. The van der Waals surface area contributed by atoms with Gasteiger partial charge in [0.15, 0.2) is 5.78 Å². The Bertz CT molecular complexity index is 1180. The number of fused-ring (bicyclic) bond motifs is 1. The van der Waals surface area contributed by atoms with Gasteiger partial charge in [-0.3, -0.25) is 24.5 Å². The standard InChI is InChI=1S/C21H18N4O4S/c26-19(15-3-1-4-16(11-15)25(28)29)13-30-20-17-5-2-6-18(17)24(21(27)23-20)12-14-7-9-22-10-8-14/h1,3-4,7-11H,2,5-6,12-13H2. The molecule has 1 aliphatic rings. The first-order valence-electron chi connectivity index (χ1n) is 9.45. The number of nitro benzene ring substituents is 1. The number of Topliss-reactive ketones (excluding diaryl/α,β-unsaturated/α-hetero) is 1. The number of thioether (sulfide) groups is 1. The lowest BCUT2D eigenvalue weighted by atomic mass is 10.1. The van der Waals surface area contributed by atoms with E-state index < -0.39 is 4.92 Å². The van der Waals surface area contributed by atoms with Gasteiger partial charge in [0.25, 0.3) is 5.69 Å². The number of non-ortho nitro benzene ring substituents is 1. The monoisotopic (exact) mass is 422 g/mol. The highest BCUT2D eigenvalue weighted by molar-refractivity contribution is 8.00. The lowest BCUT2D eigenvalue weighted by Crippen LogP contribution is -2.27. The van der Waals surface area contributed by atoms with Crippen LogP contribution in [0.2, 0.25) is 0 Å². The van der Waals surface area contributed by atoms with E-state index in [1.54, 1.807) is 23.0 Å². The van der Waals surface area contributed by atoms with Gasteiger partial charge in [-0.2, -0.15) is 4.98 Å². The van der Waals surface area contributed by atoms with Gasteiger partial charge in [0.2, 0.25) is 0 Å². The van der Waals surface area contributed by atoms with E-state index in [-0.39, 0.29) is 28.5 Å². The van der Waals surface area contributed by atoms with E-state index in [1.165, 1.54) is 30.0 Å². The van der Waals surface area contributed by atoms with Crippen molar-refractivity contribution in [2.45, 2.75) is 30.8 Å². The molecule has 2 aromatic heterocycles. The third-order valence-electron chi connectivity index (χ3n) is 5.01. The van der Waals surface area contributed by atoms with E-state index in [1.807, 2.05) is 12.1 Å². The summed E-state index contributed by atoms with van der Waals surface area (Å²) in [6.45, 7) is 0.439. The first kappa shape index (κ1) is 20.0. The van der Waals surface area contributed by atoms with Crippen LogP contribution in [0.4, 0.5) is 5.69 Å². The molecule has 0 saturated heterocycles. The van der Waals surface area contributed by atoms with E-state index in [0.717, 1.165) is 36.1 Å². The van der Waals surface area contributed by atoms with Crippen LogP contribution in [0.15, 0.2) is 58.6 Å². The lowest BCUT2D eigenvalue weighted by molar-refractivity contribution is -0.384. The molecule has 0 radical (unpaired) electrons. The molecule has 0 atom stereocenters. The van der Waals surface area contributed by atoms with E-state index in [0.29, 0.717) is 11.6 Å². The van der Waals surface area contributed by atoms with Crippen LogP contribution in [0.25, 0.3) is 0 Å². The van der Waals surface area contributed by atoms with Crippen LogP contribution >= 0.6 is 11.8 Å². The minimum Gasteiger partial charge on any atom is -0.293 e.